The number of fused-ring (bicyclic) bond motifs is 3. The smallest absolute Gasteiger partial charge is 0.407 e. The van der Waals surface area contributed by atoms with Crippen molar-refractivity contribution in [3.05, 3.63) is 59.7 Å². The second-order valence-corrected chi connectivity index (χ2v) is 10.1. The highest BCUT2D eigenvalue weighted by Gasteiger charge is 2.40. The van der Waals surface area contributed by atoms with Crippen LogP contribution < -0.4 is 5.32 Å². The van der Waals surface area contributed by atoms with Crippen LogP contribution in [0.15, 0.2) is 48.5 Å². The van der Waals surface area contributed by atoms with E-state index in [1.807, 2.05) is 24.3 Å². The van der Waals surface area contributed by atoms with Crippen molar-refractivity contribution >= 4 is 18.0 Å². The van der Waals surface area contributed by atoms with Crippen molar-refractivity contribution < 1.29 is 24.2 Å². The molecule has 0 spiro atoms. The lowest BCUT2D eigenvalue weighted by Crippen LogP contribution is -2.51. The summed E-state index contributed by atoms with van der Waals surface area (Å²) in [4.78, 5) is 38.5. The van der Waals surface area contributed by atoms with Crippen molar-refractivity contribution in [1.82, 2.24) is 10.2 Å². The Morgan fingerprint density at radius 3 is 2.20 bits per heavy atom. The van der Waals surface area contributed by atoms with Gasteiger partial charge < -0.3 is 20.1 Å². The molecule has 184 valence electrons. The third kappa shape index (κ3) is 4.64. The predicted molar refractivity (Wildman–Crippen MR) is 131 cm³/mol. The summed E-state index contributed by atoms with van der Waals surface area (Å²) >= 11 is 0. The van der Waals surface area contributed by atoms with Crippen molar-refractivity contribution in [3.8, 4) is 11.1 Å². The van der Waals surface area contributed by atoms with Gasteiger partial charge in [0.1, 0.15) is 6.61 Å². The van der Waals surface area contributed by atoms with E-state index in [4.69, 9.17) is 9.84 Å². The molecule has 5 rings (SSSR count). The molecule has 0 saturated heterocycles. The Balaban J connectivity index is 1.14. The fourth-order valence-corrected chi connectivity index (χ4v) is 5.93. The maximum Gasteiger partial charge on any atom is 0.407 e. The maximum atomic E-state index is 13.0. The largest absolute Gasteiger partial charge is 0.481 e. The molecule has 0 aromatic heterocycles. The SMILES string of the molecule is CN(C(=O)[C@@H]1CCC[C@H](NC(=O)OCC2c3ccccc3-c3ccccc32)C1)C1CC(C(=O)O)C1. The van der Waals surface area contributed by atoms with Crippen molar-refractivity contribution in [2.75, 3.05) is 13.7 Å². The van der Waals surface area contributed by atoms with Crippen molar-refractivity contribution in [3.63, 3.8) is 0 Å². The first-order valence-corrected chi connectivity index (χ1v) is 12.5. The second-order valence-electron chi connectivity index (χ2n) is 10.1. The van der Waals surface area contributed by atoms with Gasteiger partial charge in [-0.25, -0.2) is 4.79 Å². The minimum atomic E-state index is -0.785. The summed E-state index contributed by atoms with van der Waals surface area (Å²) < 4.78 is 5.68. The van der Waals surface area contributed by atoms with Gasteiger partial charge in [0.05, 0.1) is 5.92 Å². The van der Waals surface area contributed by atoms with E-state index < -0.39 is 12.1 Å². The molecule has 2 amide bonds. The number of nitrogens with zero attached hydrogens (tertiary/aromatic N) is 1. The summed E-state index contributed by atoms with van der Waals surface area (Å²) in [7, 11) is 1.77. The number of carboxylic acid groups (broad SMARTS) is 1. The van der Waals surface area contributed by atoms with E-state index in [1.54, 1.807) is 11.9 Å². The van der Waals surface area contributed by atoms with Gasteiger partial charge in [-0.2, -0.15) is 0 Å². The molecule has 3 aliphatic rings. The van der Waals surface area contributed by atoms with Crippen LogP contribution in [0.2, 0.25) is 0 Å². The first-order valence-electron chi connectivity index (χ1n) is 12.5. The van der Waals surface area contributed by atoms with Gasteiger partial charge in [-0.05, 0) is 54.4 Å². The third-order valence-electron chi connectivity index (χ3n) is 8.05. The van der Waals surface area contributed by atoms with E-state index in [1.165, 1.54) is 22.3 Å². The second kappa shape index (κ2) is 9.72. The Morgan fingerprint density at radius 2 is 1.57 bits per heavy atom. The molecule has 2 saturated carbocycles. The molecule has 2 N–H and O–H groups in total. The van der Waals surface area contributed by atoms with Gasteiger partial charge >= 0.3 is 12.1 Å². The summed E-state index contributed by atoms with van der Waals surface area (Å²) in [6.45, 7) is 0.268. The van der Waals surface area contributed by atoms with E-state index in [9.17, 15) is 14.4 Å². The molecule has 0 radical (unpaired) electrons. The highest BCUT2D eigenvalue weighted by Crippen LogP contribution is 2.44. The average molecular weight is 477 g/mol. The Kier molecular flexibility index (Phi) is 6.50. The van der Waals surface area contributed by atoms with Gasteiger partial charge in [0.25, 0.3) is 0 Å². The number of alkyl carbamates (subject to hydrolysis) is 1. The highest BCUT2D eigenvalue weighted by molar-refractivity contribution is 5.80. The topological polar surface area (TPSA) is 95.9 Å². The van der Waals surface area contributed by atoms with E-state index in [-0.39, 0.29) is 42.4 Å². The fourth-order valence-electron chi connectivity index (χ4n) is 5.93. The molecule has 35 heavy (non-hydrogen) atoms. The zero-order valence-corrected chi connectivity index (χ0v) is 20.0. The number of hydrogen-bond acceptors (Lipinski definition) is 4. The summed E-state index contributed by atoms with van der Waals surface area (Å²) in [5.41, 5.74) is 4.73. The molecule has 0 aliphatic heterocycles. The van der Waals surface area contributed by atoms with Crippen LogP contribution in [0.5, 0.6) is 0 Å². The number of carboxylic acids is 1. The molecule has 0 unspecified atom stereocenters. The minimum Gasteiger partial charge on any atom is -0.481 e. The van der Waals surface area contributed by atoms with Crippen LogP contribution in [-0.2, 0) is 14.3 Å². The number of ether oxygens (including phenoxy) is 1. The van der Waals surface area contributed by atoms with Crippen LogP contribution in [0.4, 0.5) is 4.79 Å². The molecular formula is C28H32N2O5. The number of benzene rings is 2. The minimum absolute atomic E-state index is 0.000863. The lowest BCUT2D eigenvalue weighted by Gasteiger charge is -2.41. The fraction of sp³-hybridized carbons (Fsp3) is 0.464. The van der Waals surface area contributed by atoms with Gasteiger partial charge in [0.15, 0.2) is 0 Å². The maximum absolute atomic E-state index is 13.0. The average Bonchev–Trinajstić information content (AvgIpc) is 3.15. The Hall–Kier alpha value is -3.35. The van der Waals surface area contributed by atoms with Gasteiger partial charge in [-0.15, -0.1) is 0 Å². The zero-order chi connectivity index (χ0) is 24.5. The molecular weight excluding hydrogens is 444 g/mol. The van der Waals surface area contributed by atoms with Crippen LogP contribution >= 0.6 is 0 Å². The quantitative estimate of drug-likeness (QED) is 0.644. The number of aliphatic carboxylic acids is 1. The first kappa shape index (κ1) is 23.4. The third-order valence-corrected chi connectivity index (χ3v) is 8.05. The van der Waals surface area contributed by atoms with Crippen molar-refractivity contribution in [2.24, 2.45) is 11.8 Å². The van der Waals surface area contributed by atoms with Crippen molar-refractivity contribution in [2.45, 2.75) is 56.5 Å². The number of nitrogens with one attached hydrogen (secondary N) is 1. The number of hydrogen-bond donors (Lipinski definition) is 2. The number of carbonyl (C=O) groups excluding carboxylic acids is 2. The Morgan fingerprint density at radius 1 is 0.943 bits per heavy atom. The molecule has 2 aromatic rings. The number of carbonyl (C=O) groups is 3. The van der Waals surface area contributed by atoms with E-state index in [0.29, 0.717) is 19.3 Å². The standard InChI is InChI=1S/C28H32N2O5/c1-30(20-14-18(15-20)27(32)33)26(31)17-7-6-8-19(13-17)29-28(34)35-16-25-23-11-4-2-9-21(23)22-10-3-5-12-24(22)25/h2-5,9-12,17-20,25H,6-8,13-16H2,1H3,(H,29,34)(H,32,33)/t17-,18?,19+,20?/m1/s1. The molecule has 0 bridgehead atoms. The summed E-state index contributed by atoms with van der Waals surface area (Å²) in [5, 5.41) is 12.1. The molecule has 7 heteroatoms. The first-order chi connectivity index (χ1) is 16.9. The van der Waals surface area contributed by atoms with Gasteiger partial charge in [-0.3, -0.25) is 9.59 Å². The lowest BCUT2D eigenvalue weighted by atomic mass is 9.78. The predicted octanol–water partition coefficient (Wildman–Crippen LogP) is 4.41. The number of amides is 2. The Bertz CT molecular complexity index is 1080. The Labute approximate surface area is 205 Å². The zero-order valence-electron chi connectivity index (χ0n) is 20.0. The van der Waals surface area contributed by atoms with E-state index in [0.717, 1.165) is 19.3 Å². The summed E-state index contributed by atoms with van der Waals surface area (Å²) in [6, 6.07) is 16.4. The molecule has 2 aromatic carbocycles. The van der Waals surface area contributed by atoms with Crippen LogP contribution in [-0.4, -0.2) is 53.7 Å². The van der Waals surface area contributed by atoms with Crippen LogP contribution in [0.25, 0.3) is 11.1 Å². The summed E-state index contributed by atoms with van der Waals surface area (Å²) in [6.07, 6.45) is 3.66. The normalized spacial score (nSPS) is 25.1. The van der Waals surface area contributed by atoms with E-state index >= 15 is 0 Å². The molecule has 2 atom stereocenters. The molecule has 7 nitrogen and oxygen atoms in total. The van der Waals surface area contributed by atoms with Crippen LogP contribution in [0, 0.1) is 11.8 Å². The lowest BCUT2D eigenvalue weighted by molar-refractivity contribution is -0.151. The monoisotopic (exact) mass is 476 g/mol. The van der Waals surface area contributed by atoms with Crippen LogP contribution in [0.1, 0.15) is 55.6 Å². The van der Waals surface area contributed by atoms with Crippen LogP contribution in [0.3, 0.4) is 0 Å². The molecule has 0 heterocycles. The summed E-state index contributed by atoms with van der Waals surface area (Å²) in [5.74, 6) is -1.22. The molecule has 3 aliphatic carbocycles. The van der Waals surface area contributed by atoms with Gasteiger partial charge in [-0.1, -0.05) is 55.0 Å². The van der Waals surface area contributed by atoms with E-state index in [2.05, 4.69) is 29.6 Å². The van der Waals surface area contributed by atoms with Gasteiger partial charge in [0.2, 0.25) is 5.91 Å². The van der Waals surface area contributed by atoms with Crippen molar-refractivity contribution in [1.29, 1.82) is 0 Å². The molecule has 2 fully saturated rings. The highest BCUT2D eigenvalue weighted by atomic mass is 16.5. The number of rotatable bonds is 6. The van der Waals surface area contributed by atoms with Gasteiger partial charge in [0, 0.05) is 31.0 Å².